The van der Waals surface area contributed by atoms with Gasteiger partial charge in [-0.1, -0.05) is 12.1 Å². The van der Waals surface area contributed by atoms with Crippen LogP contribution >= 0.6 is 11.8 Å². The number of ketones is 1. The van der Waals surface area contributed by atoms with Gasteiger partial charge in [0.25, 0.3) is 0 Å². The van der Waals surface area contributed by atoms with E-state index in [1.54, 1.807) is 30.1 Å². The Bertz CT molecular complexity index is 874. The van der Waals surface area contributed by atoms with Crippen LogP contribution in [0.2, 0.25) is 0 Å². The number of carbonyl (C=O) groups is 1. The molecule has 0 unspecified atom stereocenters. The summed E-state index contributed by atoms with van der Waals surface area (Å²) >= 11 is 1.55. The molecule has 0 bridgehead atoms. The molecule has 3 nitrogen and oxygen atoms in total. The highest BCUT2D eigenvalue weighted by atomic mass is 32.2. The van der Waals surface area contributed by atoms with Gasteiger partial charge in [0.2, 0.25) is 0 Å². The standard InChI is InChI=1S/C17H12N2OS/c1-21-16-5-3-2-4-12(16)17(20)14-10-19-15-7-6-11(9-18)8-13(14)15/h2-8,10,19H,1H3. The Kier molecular flexibility index (Phi) is 3.51. The lowest BCUT2D eigenvalue weighted by Gasteiger charge is -2.05. The molecule has 4 heteroatoms. The molecule has 0 radical (unpaired) electrons. The molecule has 0 fully saturated rings. The van der Waals surface area contributed by atoms with Gasteiger partial charge in [0, 0.05) is 33.1 Å². The number of nitriles is 1. The topological polar surface area (TPSA) is 56.6 Å². The maximum absolute atomic E-state index is 12.8. The van der Waals surface area contributed by atoms with Crippen molar-refractivity contribution >= 4 is 28.4 Å². The van der Waals surface area contributed by atoms with Crippen molar-refractivity contribution in [3.05, 3.63) is 65.4 Å². The van der Waals surface area contributed by atoms with Crippen LogP contribution in [0.4, 0.5) is 0 Å². The molecule has 102 valence electrons. The number of hydrogen-bond acceptors (Lipinski definition) is 3. The second-order valence-electron chi connectivity index (χ2n) is 4.60. The van der Waals surface area contributed by atoms with E-state index in [2.05, 4.69) is 11.1 Å². The zero-order chi connectivity index (χ0) is 14.8. The summed E-state index contributed by atoms with van der Waals surface area (Å²) in [6.07, 6.45) is 3.67. The van der Waals surface area contributed by atoms with E-state index < -0.39 is 0 Å². The molecule has 0 spiro atoms. The summed E-state index contributed by atoms with van der Waals surface area (Å²) in [5.74, 6) is -0.0266. The Balaban J connectivity index is 2.16. The summed E-state index contributed by atoms with van der Waals surface area (Å²) in [5, 5.41) is 9.80. The Morgan fingerprint density at radius 3 is 2.76 bits per heavy atom. The third-order valence-corrected chi connectivity index (χ3v) is 4.20. The van der Waals surface area contributed by atoms with E-state index in [1.165, 1.54) is 0 Å². The number of rotatable bonds is 3. The Labute approximate surface area is 126 Å². The maximum Gasteiger partial charge on any atom is 0.196 e. The van der Waals surface area contributed by atoms with Crippen molar-refractivity contribution in [2.24, 2.45) is 0 Å². The van der Waals surface area contributed by atoms with Crippen LogP contribution in [0.5, 0.6) is 0 Å². The van der Waals surface area contributed by atoms with Gasteiger partial charge in [-0.05, 0) is 36.6 Å². The molecule has 0 aliphatic carbocycles. The fraction of sp³-hybridized carbons (Fsp3) is 0.0588. The van der Waals surface area contributed by atoms with E-state index in [4.69, 9.17) is 5.26 Å². The second-order valence-corrected chi connectivity index (χ2v) is 5.45. The van der Waals surface area contributed by atoms with Crippen LogP contribution in [0, 0.1) is 11.3 Å². The molecule has 3 aromatic rings. The highest BCUT2D eigenvalue weighted by Gasteiger charge is 2.17. The fourth-order valence-corrected chi connectivity index (χ4v) is 2.95. The first-order chi connectivity index (χ1) is 10.2. The molecule has 1 heterocycles. The van der Waals surface area contributed by atoms with Gasteiger partial charge in [-0.2, -0.15) is 5.26 Å². The van der Waals surface area contributed by atoms with Gasteiger partial charge >= 0.3 is 0 Å². The number of carbonyl (C=O) groups excluding carboxylic acids is 1. The van der Waals surface area contributed by atoms with Crippen LogP contribution in [0.15, 0.2) is 53.6 Å². The number of benzene rings is 2. The predicted molar refractivity (Wildman–Crippen MR) is 84.7 cm³/mol. The molecule has 0 aliphatic rings. The van der Waals surface area contributed by atoms with Gasteiger partial charge in [0.05, 0.1) is 11.6 Å². The maximum atomic E-state index is 12.8. The number of fused-ring (bicyclic) bond motifs is 1. The van der Waals surface area contributed by atoms with E-state index in [-0.39, 0.29) is 5.78 Å². The minimum atomic E-state index is -0.0266. The largest absolute Gasteiger partial charge is 0.360 e. The van der Waals surface area contributed by atoms with Crippen molar-refractivity contribution in [2.45, 2.75) is 4.90 Å². The molecular formula is C17H12N2OS. The van der Waals surface area contributed by atoms with Crippen LogP contribution < -0.4 is 0 Å². The number of aromatic nitrogens is 1. The second kappa shape index (κ2) is 5.47. The van der Waals surface area contributed by atoms with Gasteiger partial charge in [-0.25, -0.2) is 0 Å². The molecule has 1 aromatic heterocycles. The van der Waals surface area contributed by atoms with E-state index >= 15 is 0 Å². The smallest absolute Gasteiger partial charge is 0.196 e. The number of nitrogens with zero attached hydrogens (tertiary/aromatic N) is 1. The molecule has 21 heavy (non-hydrogen) atoms. The third-order valence-electron chi connectivity index (χ3n) is 3.41. The molecule has 0 atom stereocenters. The molecule has 0 aliphatic heterocycles. The predicted octanol–water partition coefficient (Wildman–Crippen LogP) is 3.99. The zero-order valence-corrected chi connectivity index (χ0v) is 12.2. The average Bonchev–Trinajstić information content (AvgIpc) is 2.97. The van der Waals surface area contributed by atoms with E-state index in [1.807, 2.05) is 36.6 Å². The lowest BCUT2D eigenvalue weighted by Crippen LogP contribution is -2.02. The zero-order valence-electron chi connectivity index (χ0n) is 11.4. The van der Waals surface area contributed by atoms with Gasteiger partial charge in [0.15, 0.2) is 5.78 Å². The summed E-state index contributed by atoms with van der Waals surface area (Å²) < 4.78 is 0. The Hall–Kier alpha value is -2.51. The van der Waals surface area contributed by atoms with Crippen molar-refractivity contribution in [1.29, 1.82) is 5.26 Å². The number of aromatic amines is 1. The first-order valence-electron chi connectivity index (χ1n) is 6.43. The lowest BCUT2D eigenvalue weighted by atomic mass is 10.0. The molecule has 0 amide bonds. The van der Waals surface area contributed by atoms with E-state index in [0.717, 1.165) is 15.8 Å². The molecule has 3 rings (SSSR count). The van der Waals surface area contributed by atoms with Gasteiger partial charge in [-0.3, -0.25) is 4.79 Å². The van der Waals surface area contributed by atoms with Crippen molar-refractivity contribution in [1.82, 2.24) is 4.98 Å². The monoisotopic (exact) mass is 292 g/mol. The van der Waals surface area contributed by atoms with Crippen molar-refractivity contribution in [3.63, 3.8) is 0 Å². The number of H-pyrrole nitrogens is 1. The summed E-state index contributed by atoms with van der Waals surface area (Å²) in [7, 11) is 0. The summed E-state index contributed by atoms with van der Waals surface area (Å²) in [6, 6.07) is 15.0. The van der Waals surface area contributed by atoms with Crippen LogP contribution in [-0.4, -0.2) is 17.0 Å². The van der Waals surface area contributed by atoms with Crippen LogP contribution in [0.1, 0.15) is 21.5 Å². The quantitative estimate of drug-likeness (QED) is 0.586. The number of hydrogen-bond donors (Lipinski definition) is 1. The van der Waals surface area contributed by atoms with Crippen LogP contribution in [0.25, 0.3) is 10.9 Å². The van der Waals surface area contributed by atoms with Gasteiger partial charge in [0.1, 0.15) is 0 Å². The number of thioether (sulfide) groups is 1. The Morgan fingerprint density at radius 1 is 1.19 bits per heavy atom. The molecular weight excluding hydrogens is 280 g/mol. The molecule has 2 aromatic carbocycles. The van der Waals surface area contributed by atoms with Crippen molar-refractivity contribution < 1.29 is 4.79 Å². The molecule has 0 saturated heterocycles. The highest BCUT2D eigenvalue weighted by Crippen LogP contribution is 2.26. The van der Waals surface area contributed by atoms with Gasteiger partial charge in [-0.15, -0.1) is 11.8 Å². The Morgan fingerprint density at radius 2 is 2.00 bits per heavy atom. The summed E-state index contributed by atoms with van der Waals surface area (Å²) in [6.45, 7) is 0. The normalized spacial score (nSPS) is 10.5. The minimum Gasteiger partial charge on any atom is -0.360 e. The first kappa shape index (κ1) is 13.5. The van der Waals surface area contributed by atoms with Gasteiger partial charge < -0.3 is 4.98 Å². The highest BCUT2D eigenvalue weighted by molar-refractivity contribution is 7.98. The fourth-order valence-electron chi connectivity index (χ4n) is 2.36. The van der Waals surface area contributed by atoms with Crippen LogP contribution in [0.3, 0.4) is 0 Å². The summed E-state index contributed by atoms with van der Waals surface area (Å²) in [4.78, 5) is 16.8. The van der Waals surface area contributed by atoms with Crippen molar-refractivity contribution in [2.75, 3.05) is 6.26 Å². The van der Waals surface area contributed by atoms with E-state index in [9.17, 15) is 4.79 Å². The third kappa shape index (κ3) is 2.32. The minimum absolute atomic E-state index is 0.0266. The summed E-state index contributed by atoms with van der Waals surface area (Å²) in [5.41, 5.74) is 2.70. The average molecular weight is 292 g/mol. The first-order valence-corrected chi connectivity index (χ1v) is 7.66. The molecule has 1 N–H and O–H groups in total. The number of nitrogens with one attached hydrogen (secondary N) is 1. The lowest BCUT2D eigenvalue weighted by molar-refractivity contribution is 0.103. The van der Waals surface area contributed by atoms with Crippen molar-refractivity contribution in [3.8, 4) is 6.07 Å². The van der Waals surface area contributed by atoms with E-state index in [0.29, 0.717) is 16.7 Å². The molecule has 0 saturated carbocycles. The SMILES string of the molecule is CSc1ccccc1C(=O)c1c[nH]c2ccc(C#N)cc12. The van der Waals surface area contributed by atoms with Crippen LogP contribution in [-0.2, 0) is 0 Å².